The van der Waals surface area contributed by atoms with Crippen molar-refractivity contribution in [2.24, 2.45) is 11.7 Å². The summed E-state index contributed by atoms with van der Waals surface area (Å²) in [6.07, 6.45) is 3.65. The van der Waals surface area contributed by atoms with Crippen molar-refractivity contribution in [1.82, 2.24) is 15.0 Å². The number of hydrogen-bond acceptors (Lipinski definition) is 4. The highest BCUT2D eigenvalue weighted by atomic mass is 16.1. The smallest absolute Gasteiger partial charge is 0.133 e. The van der Waals surface area contributed by atoms with Crippen LogP contribution in [0.4, 0.5) is 0 Å². The minimum absolute atomic E-state index is 0.0811. The molecule has 2 rings (SSSR count). The van der Waals surface area contributed by atoms with Crippen LogP contribution in [0.2, 0.25) is 0 Å². The van der Waals surface area contributed by atoms with Gasteiger partial charge in [0, 0.05) is 12.0 Å². The second-order valence-corrected chi connectivity index (χ2v) is 4.34. The van der Waals surface area contributed by atoms with E-state index in [1.807, 2.05) is 17.8 Å². The number of Topliss-reactive ketones (excluding diaryl/α,β-unsaturated/α-hetero) is 1. The van der Waals surface area contributed by atoms with Crippen molar-refractivity contribution < 1.29 is 4.79 Å². The quantitative estimate of drug-likeness (QED) is 0.798. The van der Waals surface area contributed by atoms with E-state index in [0.29, 0.717) is 6.04 Å². The van der Waals surface area contributed by atoms with Gasteiger partial charge in [0.1, 0.15) is 5.78 Å². The molecule has 1 saturated carbocycles. The maximum absolute atomic E-state index is 11.1. The molecule has 1 aliphatic rings. The van der Waals surface area contributed by atoms with Crippen LogP contribution >= 0.6 is 0 Å². The molecular weight excluding hydrogens is 192 g/mol. The maximum Gasteiger partial charge on any atom is 0.133 e. The minimum atomic E-state index is -0.0811. The lowest BCUT2D eigenvalue weighted by molar-refractivity contribution is -0.124. The van der Waals surface area contributed by atoms with Crippen LogP contribution in [0.3, 0.4) is 0 Å². The van der Waals surface area contributed by atoms with Gasteiger partial charge < -0.3 is 5.73 Å². The Hall–Kier alpha value is -1.23. The van der Waals surface area contributed by atoms with Crippen molar-refractivity contribution in [2.75, 3.05) is 0 Å². The summed E-state index contributed by atoms with van der Waals surface area (Å²) >= 11 is 0. The number of nitrogens with zero attached hydrogens (tertiary/aromatic N) is 3. The number of nitrogens with two attached hydrogens (primary N) is 1. The summed E-state index contributed by atoms with van der Waals surface area (Å²) in [6, 6.07) is 0.251. The van der Waals surface area contributed by atoms with Crippen molar-refractivity contribution in [3.63, 3.8) is 0 Å². The standard InChI is InChI=1S/C10H16N4O/c1-6(11)10-5-14(13-12-10)9-3-8(4-9)7(2)15/h5-6,8-9H,3-4,11H2,1-2H3. The van der Waals surface area contributed by atoms with E-state index in [0.717, 1.165) is 18.5 Å². The molecule has 1 atom stereocenters. The van der Waals surface area contributed by atoms with Crippen LogP contribution in [0.5, 0.6) is 0 Å². The average Bonchev–Trinajstić information content (AvgIpc) is 2.49. The third-order valence-electron chi connectivity index (χ3n) is 3.06. The largest absolute Gasteiger partial charge is 0.323 e. The third-order valence-corrected chi connectivity index (χ3v) is 3.06. The Labute approximate surface area is 88.6 Å². The maximum atomic E-state index is 11.1. The number of ketones is 1. The zero-order valence-electron chi connectivity index (χ0n) is 9.05. The van der Waals surface area contributed by atoms with Gasteiger partial charge in [-0.3, -0.25) is 4.79 Å². The molecule has 82 valence electrons. The Kier molecular flexibility index (Phi) is 2.56. The van der Waals surface area contributed by atoms with Crippen LogP contribution in [-0.4, -0.2) is 20.8 Å². The molecule has 5 nitrogen and oxygen atoms in total. The van der Waals surface area contributed by atoms with Crippen molar-refractivity contribution in [3.05, 3.63) is 11.9 Å². The molecule has 1 unspecified atom stereocenters. The summed E-state index contributed by atoms with van der Waals surface area (Å²) in [5, 5.41) is 8.02. The Bertz CT molecular complexity index is 365. The van der Waals surface area contributed by atoms with Gasteiger partial charge in [-0.05, 0) is 26.7 Å². The van der Waals surface area contributed by atoms with Crippen LogP contribution in [-0.2, 0) is 4.79 Å². The molecule has 0 bridgehead atoms. The Balaban J connectivity index is 1.98. The molecule has 0 radical (unpaired) electrons. The first-order valence-electron chi connectivity index (χ1n) is 5.25. The SMILES string of the molecule is CC(=O)C1CC(n2cc(C(C)N)nn2)C1. The van der Waals surface area contributed by atoms with E-state index in [4.69, 9.17) is 5.73 Å². The third kappa shape index (κ3) is 1.92. The summed E-state index contributed by atoms with van der Waals surface area (Å²) in [5.74, 6) is 0.497. The highest BCUT2D eigenvalue weighted by molar-refractivity contribution is 5.79. The van der Waals surface area contributed by atoms with Crippen molar-refractivity contribution >= 4 is 5.78 Å². The highest BCUT2D eigenvalue weighted by Gasteiger charge is 2.34. The molecular formula is C10H16N4O. The van der Waals surface area contributed by atoms with E-state index in [2.05, 4.69) is 10.3 Å². The fraction of sp³-hybridized carbons (Fsp3) is 0.700. The molecule has 1 fully saturated rings. The summed E-state index contributed by atoms with van der Waals surface area (Å²) in [5.41, 5.74) is 6.50. The molecule has 0 aromatic carbocycles. The van der Waals surface area contributed by atoms with E-state index in [1.165, 1.54) is 0 Å². The van der Waals surface area contributed by atoms with Gasteiger partial charge in [0.15, 0.2) is 0 Å². The Morgan fingerprint density at radius 2 is 2.33 bits per heavy atom. The second-order valence-electron chi connectivity index (χ2n) is 4.34. The first-order chi connectivity index (χ1) is 7.08. The lowest BCUT2D eigenvalue weighted by Gasteiger charge is -2.33. The molecule has 0 amide bonds. The Morgan fingerprint density at radius 3 is 2.80 bits per heavy atom. The number of aromatic nitrogens is 3. The van der Waals surface area contributed by atoms with E-state index in [1.54, 1.807) is 6.92 Å². The summed E-state index contributed by atoms with van der Waals surface area (Å²) in [6.45, 7) is 3.53. The molecule has 5 heteroatoms. The van der Waals surface area contributed by atoms with E-state index in [-0.39, 0.29) is 17.7 Å². The zero-order valence-corrected chi connectivity index (χ0v) is 9.05. The number of carbonyl (C=O) groups is 1. The molecule has 2 N–H and O–H groups in total. The molecule has 0 spiro atoms. The first kappa shape index (κ1) is 10.3. The molecule has 1 aromatic rings. The van der Waals surface area contributed by atoms with Gasteiger partial charge in [-0.2, -0.15) is 0 Å². The van der Waals surface area contributed by atoms with Gasteiger partial charge in [-0.1, -0.05) is 5.21 Å². The molecule has 1 aromatic heterocycles. The predicted molar refractivity (Wildman–Crippen MR) is 55.1 cm³/mol. The molecule has 0 saturated heterocycles. The van der Waals surface area contributed by atoms with Crippen molar-refractivity contribution in [1.29, 1.82) is 0 Å². The average molecular weight is 208 g/mol. The normalized spacial score (nSPS) is 27.1. The minimum Gasteiger partial charge on any atom is -0.323 e. The van der Waals surface area contributed by atoms with Gasteiger partial charge in [-0.15, -0.1) is 5.10 Å². The molecule has 0 aliphatic heterocycles. The molecule has 1 heterocycles. The van der Waals surface area contributed by atoms with Crippen LogP contribution in [0.1, 0.15) is 44.5 Å². The molecule has 1 aliphatic carbocycles. The van der Waals surface area contributed by atoms with Crippen LogP contribution in [0.15, 0.2) is 6.20 Å². The first-order valence-corrected chi connectivity index (χ1v) is 5.25. The highest BCUT2D eigenvalue weighted by Crippen LogP contribution is 2.37. The number of carbonyl (C=O) groups excluding carboxylic acids is 1. The van der Waals surface area contributed by atoms with E-state index < -0.39 is 0 Å². The van der Waals surface area contributed by atoms with E-state index in [9.17, 15) is 4.79 Å². The van der Waals surface area contributed by atoms with Crippen molar-refractivity contribution in [2.45, 2.75) is 38.8 Å². The van der Waals surface area contributed by atoms with E-state index >= 15 is 0 Å². The van der Waals surface area contributed by atoms with Crippen LogP contribution < -0.4 is 5.73 Å². The lowest BCUT2D eigenvalue weighted by Crippen LogP contribution is -2.31. The topological polar surface area (TPSA) is 73.8 Å². The van der Waals surface area contributed by atoms with Crippen LogP contribution in [0, 0.1) is 5.92 Å². The zero-order chi connectivity index (χ0) is 11.0. The van der Waals surface area contributed by atoms with Gasteiger partial charge in [0.2, 0.25) is 0 Å². The van der Waals surface area contributed by atoms with Gasteiger partial charge in [-0.25, -0.2) is 4.68 Å². The fourth-order valence-corrected chi connectivity index (χ4v) is 1.81. The fourth-order valence-electron chi connectivity index (χ4n) is 1.81. The summed E-state index contributed by atoms with van der Waals surface area (Å²) in [7, 11) is 0. The van der Waals surface area contributed by atoms with Crippen LogP contribution in [0.25, 0.3) is 0 Å². The summed E-state index contributed by atoms with van der Waals surface area (Å²) in [4.78, 5) is 11.1. The Morgan fingerprint density at radius 1 is 1.67 bits per heavy atom. The number of hydrogen-bond donors (Lipinski definition) is 1. The van der Waals surface area contributed by atoms with Crippen molar-refractivity contribution in [3.8, 4) is 0 Å². The van der Waals surface area contributed by atoms with Gasteiger partial charge in [0.25, 0.3) is 0 Å². The molecule has 15 heavy (non-hydrogen) atoms. The van der Waals surface area contributed by atoms with Gasteiger partial charge >= 0.3 is 0 Å². The second kappa shape index (κ2) is 3.73. The van der Waals surface area contributed by atoms with Gasteiger partial charge in [0.05, 0.1) is 17.9 Å². The lowest BCUT2D eigenvalue weighted by atomic mass is 9.78. The monoisotopic (exact) mass is 208 g/mol. The summed E-state index contributed by atoms with van der Waals surface area (Å²) < 4.78 is 1.83. The number of rotatable bonds is 3. The predicted octanol–water partition coefficient (Wildman–Crippen LogP) is 0.838.